The van der Waals surface area contributed by atoms with Gasteiger partial charge in [-0.3, -0.25) is 19.5 Å². The van der Waals surface area contributed by atoms with Crippen molar-refractivity contribution in [3.05, 3.63) is 71.3 Å². The number of carbonyl (C=O) groups excluding carboxylic acids is 1. The maximum atomic E-state index is 12.6. The standard InChI is InChI=1S/C23H27N5O/c1-18-7-9-20(10-8-18)22(25-24-21(29)11-19-5-3-2-4-6-19)23-12-26-15-27(13-23)17-28(14-23)16-26/h2-10H,11-17H2,1H3,(H,24,29)/b25-22-. The minimum absolute atomic E-state index is 0.0774. The van der Waals surface area contributed by atoms with Crippen LogP contribution in [0.2, 0.25) is 0 Å². The largest absolute Gasteiger partial charge is 0.276 e. The molecule has 1 amide bonds. The number of hydrazone groups is 1. The van der Waals surface area contributed by atoms with E-state index in [0.717, 1.165) is 56.5 Å². The van der Waals surface area contributed by atoms with Gasteiger partial charge in [-0.15, -0.1) is 0 Å². The van der Waals surface area contributed by atoms with Crippen LogP contribution in [0.25, 0.3) is 0 Å². The summed E-state index contributed by atoms with van der Waals surface area (Å²) < 4.78 is 0. The minimum Gasteiger partial charge on any atom is -0.276 e. The summed E-state index contributed by atoms with van der Waals surface area (Å²) in [6, 6.07) is 18.3. The van der Waals surface area contributed by atoms with Crippen LogP contribution in [0.15, 0.2) is 59.7 Å². The SMILES string of the molecule is Cc1ccc(/C(=N/NC(=O)Cc2ccccc2)C23CN4CN(CN(C4)C2)C3)cc1. The van der Waals surface area contributed by atoms with Crippen LogP contribution >= 0.6 is 0 Å². The summed E-state index contributed by atoms with van der Waals surface area (Å²) >= 11 is 0. The summed E-state index contributed by atoms with van der Waals surface area (Å²) in [5, 5.41) is 4.75. The van der Waals surface area contributed by atoms with Gasteiger partial charge in [0.15, 0.2) is 0 Å². The second kappa shape index (κ2) is 7.37. The van der Waals surface area contributed by atoms with E-state index in [1.807, 2.05) is 30.3 Å². The summed E-state index contributed by atoms with van der Waals surface area (Å²) in [6.07, 6.45) is 0.336. The predicted octanol–water partition coefficient (Wildman–Crippen LogP) is 1.86. The van der Waals surface area contributed by atoms with Gasteiger partial charge in [0.2, 0.25) is 5.91 Å². The first-order chi connectivity index (χ1) is 14.1. The molecular formula is C23H27N5O. The van der Waals surface area contributed by atoms with Gasteiger partial charge in [-0.05, 0) is 18.1 Å². The fraction of sp³-hybridized carbons (Fsp3) is 0.391. The van der Waals surface area contributed by atoms with Crippen molar-refractivity contribution in [3.63, 3.8) is 0 Å². The summed E-state index contributed by atoms with van der Waals surface area (Å²) in [5.41, 5.74) is 7.10. The van der Waals surface area contributed by atoms with Gasteiger partial charge in [-0.25, -0.2) is 5.43 Å². The summed E-state index contributed by atoms with van der Waals surface area (Å²) in [4.78, 5) is 20.0. The van der Waals surface area contributed by atoms with Crippen molar-refractivity contribution in [2.24, 2.45) is 10.5 Å². The lowest BCUT2D eigenvalue weighted by molar-refractivity contribution is -0.149. The molecule has 2 aromatic rings. The molecular weight excluding hydrogens is 362 g/mol. The van der Waals surface area contributed by atoms with Crippen molar-refractivity contribution >= 4 is 11.6 Å². The van der Waals surface area contributed by atoms with E-state index in [-0.39, 0.29) is 11.3 Å². The maximum Gasteiger partial charge on any atom is 0.244 e. The highest BCUT2D eigenvalue weighted by Crippen LogP contribution is 2.38. The number of nitrogens with zero attached hydrogens (tertiary/aromatic N) is 4. The van der Waals surface area contributed by atoms with E-state index in [1.54, 1.807) is 0 Å². The molecule has 150 valence electrons. The van der Waals surface area contributed by atoms with Gasteiger partial charge in [0.1, 0.15) is 0 Å². The molecule has 29 heavy (non-hydrogen) atoms. The van der Waals surface area contributed by atoms with Crippen molar-refractivity contribution in [3.8, 4) is 0 Å². The molecule has 1 N–H and O–H groups in total. The van der Waals surface area contributed by atoms with E-state index in [4.69, 9.17) is 5.10 Å². The fourth-order valence-electron chi connectivity index (χ4n) is 5.08. The summed E-state index contributed by atoms with van der Waals surface area (Å²) in [5.74, 6) is -0.0774. The molecule has 6 nitrogen and oxygen atoms in total. The van der Waals surface area contributed by atoms with Crippen LogP contribution < -0.4 is 5.43 Å². The monoisotopic (exact) mass is 389 g/mol. The Labute approximate surface area is 171 Å². The predicted molar refractivity (Wildman–Crippen MR) is 113 cm³/mol. The molecule has 0 spiro atoms. The molecule has 4 saturated heterocycles. The van der Waals surface area contributed by atoms with E-state index < -0.39 is 0 Å². The Morgan fingerprint density at radius 3 is 2.10 bits per heavy atom. The Balaban J connectivity index is 1.44. The smallest absolute Gasteiger partial charge is 0.244 e. The first-order valence-electron chi connectivity index (χ1n) is 10.2. The van der Waals surface area contributed by atoms with Crippen molar-refractivity contribution in [2.75, 3.05) is 39.6 Å². The van der Waals surface area contributed by atoms with Gasteiger partial charge in [0.05, 0.1) is 37.6 Å². The van der Waals surface area contributed by atoms with Gasteiger partial charge in [0, 0.05) is 19.6 Å². The highest BCUT2D eigenvalue weighted by atomic mass is 16.2. The Morgan fingerprint density at radius 2 is 1.52 bits per heavy atom. The van der Waals surface area contributed by atoms with Gasteiger partial charge in [-0.1, -0.05) is 60.2 Å². The molecule has 4 fully saturated rings. The normalized spacial score (nSPS) is 30.4. The average Bonchev–Trinajstić information content (AvgIpc) is 2.69. The lowest BCUT2D eigenvalue weighted by atomic mass is 9.74. The van der Waals surface area contributed by atoms with Gasteiger partial charge in [0.25, 0.3) is 0 Å². The third-order valence-electron chi connectivity index (χ3n) is 6.11. The second-order valence-corrected chi connectivity index (χ2v) is 8.72. The third-order valence-corrected chi connectivity index (χ3v) is 6.11. The minimum atomic E-state index is -0.0793. The molecule has 6 heteroatoms. The van der Waals surface area contributed by atoms with Crippen LogP contribution in [-0.4, -0.2) is 66.0 Å². The first kappa shape index (κ1) is 18.5. The molecule has 0 saturated carbocycles. The molecule has 2 aromatic carbocycles. The quantitative estimate of drug-likeness (QED) is 0.627. The lowest BCUT2D eigenvalue weighted by Gasteiger charge is -2.60. The number of hydrogen-bond donors (Lipinski definition) is 1. The number of nitrogens with one attached hydrogen (secondary N) is 1. The molecule has 0 aromatic heterocycles. The number of hydrogen-bond acceptors (Lipinski definition) is 5. The molecule has 0 radical (unpaired) electrons. The Kier molecular flexibility index (Phi) is 4.70. The zero-order chi connectivity index (χ0) is 19.8. The van der Waals surface area contributed by atoms with Crippen molar-refractivity contribution in [1.29, 1.82) is 0 Å². The number of carbonyl (C=O) groups is 1. The molecule has 4 bridgehead atoms. The van der Waals surface area contributed by atoms with Gasteiger partial charge < -0.3 is 0 Å². The average molecular weight is 390 g/mol. The Morgan fingerprint density at radius 1 is 0.931 bits per heavy atom. The highest BCUT2D eigenvalue weighted by molar-refractivity contribution is 6.06. The van der Waals surface area contributed by atoms with E-state index in [1.165, 1.54) is 5.56 Å². The van der Waals surface area contributed by atoms with E-state index in [2.05, 4.69) is 51.3 Å². The number of aryl methyl sites for hydroxylation is 1. The van der Waals surface area contributed by atoms with E-state index >= 15 is 0 Å². The van der Waals surface area contributed by atoms with Crippen molar-refractivity contribution in [2.45, 2.75) is 13.3 Å². The molecule has 6 rings (SSSR count). The maximum absolute atomic E-state index is 12.6. The van der Waals surface area contributed by atoms with E-state index in [0.29, 0.717) is 6.42 Å². The summed E-state index contributed by atoms with van der Waals surface area (Å²) in [7, 11) is 0. The number of amides is 1. The molecule has 4 aliphatic rings. The molecule has 4 heterocycles. The second-order valence-electron chi connectivity index (χ2n) is 8.72. The number of benzene rings is 2. The van der Waals surface area contributed by atoms with Crippen LogP contribution in [0.5, 0.6) is 0 Å². The van der Waals surface area contributed by atoms with Crippen LogP contribution in [0.4, 0.5) is 0 Å². The van der Waals surface area contributed by atoms with Crippen molar-refractivity contribution in [1.82, 2.24) is 20.1 Å². The van der Waals surface area contributed by atoms with Gasteiger partial charge in [-0.2, -0.15) is 5.10 Å². The van der Waals surface area contributed by atoms with Crippen LogP contribution in [0.3, 0.4) is 0 Å². The van der Waals surface area contributed by atoms with Crippen molar-refractivity contribution < 1.29 is 4.79 Å². The van der Waals surface area contributed by atoms with E-state index in [9.17, 15) is 4.79 Å². The van der Waals surface area contributed by atoms with Crippen LogP contribution in [0.1, 0.15) is 16.7 Å². The fourth-order valence-corrected chi connectivity index (χ4v) is 5.08. The highest BCUT2D eigenvalue weighted by Gasteiger charge is 2.51. The Bertz CT molecular complexity index is 887. The molecule has 0 unspecified atom stereocenters. The zero-order valence-electron chi connectivity index (χ0n) is 16.8. The summed E-state index contributed by atoms with van der Waals surface area (Å²) in [6.45, 7) is 8.14. The molecule has 4 aliphatic heterocycles. The number of rotatable bonds is 5. The lowest BCUT2D eigenvalue weighted by Crippen LogP contribution is -2.74. The molecule has 0 atom stereocenters. The molecule has 0 aliphatic carbocycles. The van der Waals surface area contributed by atoms with Crippen LogP contribution in [0, 0.1) is 12.3 Å². The Hall–Kier alpha value is -2.54. The third kappa shape index (κ3) is 3.71. The zero-order valence-corrected chi connectivity index (χ0v) is 16.8. The van der Waals surface area contributed by atoms with Crippen LogP contribution in [-0.2, 0) is 11.2 Å². The van der Waals surface area contributed by atoms with Gasteiger partial charge >= 0.3 is 0 Å². The topological polar surface area (TPSA) is 51.2 Å². The first-order valence-corrected chi connectivity index (χ1v) is 10.2.